The van der Waals surface area contributed by atoms with Gasteiger partial charge >= 0.3 is 0 Å². The zero-order chi connectivity index (χ0) is 12.3. The Hall–Kier alpha value is -1.14. The average molecular weight is 280 g/mol. The van der Waals surface area contributed by atoms with Crippen molar-refractivity contribution < 1.29 is 0 Å². The number of nitriles is 1. The van der Waals surface area contributed by atoms with Crippen LogP contribution >= 0.6 is 35.0 Å². The molecule has 0 fully saturated rings. The third-order valence-electron chi connectivity index (χ3n) is 2.09. The maximum Gasteiger partial charge on any atom is 0.101 e. The Morgan fingerprint density at radius 1 is 1.00 bits per heavy atom. The van der Waals surface area contributed by atoms with E-state index >= 15 is 0 Å². The Labute approximate surface area is 114 Å². The van der Waals surface area contributed by atoms with E-state index in [4.69, 9.17) is 28.5 Å². The molecule has 0 heterocycles. The molecule has 4 heteroatoms. The van der Waals surface area contributed by atoms with E-state index in [0.717, 1.165) is 9.79 Å². The summed E-state index contributed by atoms with van der Waals surface area (Å²) < 4.78 is 0. The Bertz CT molecular complexity index is 590. The Balaban J connectivity index is 2.25. The van der Waals surface area contributed by atoms with Gasteiger partial charge in [-0.2, -0.15) is 5.26 Å². The van der Waals surface area contributed by atoms with E-state index in [-0.39, 0.29) is 0 Å². The molecule has 1 nitrogen and oxygen atoms in total. The predicted molar refractivity (Wildman–Crippen MR) is 71.7 cm³/mol. The molecule has 0 unspecified atom stereocenters. The van der Waals surface area contributed by atoms with Crippen LogP contribution in [0.3, 0.4) is 0 Å². The molecule has 17 heavy (non-hydrogen) atoms. The maximum absolute atomic E-state index is 8.78. The molecular weight excluding hydrogens is 273 g/mol. The molecule has 2 aromatic rings. The molecule has 2 aromatic carbocycles. The van der Waals surface area contributed by atoms with Crippen molar-refractivity contribution in [2.75, 3.05) is 0 Å². The van der Waals surface area contributed by atoms with Gasteiger partial charge in [0.05, 0.1) is 10.6 Å². The van der Waals surface area contributed by atoms with Crippen LogP contribution in [0.5, 0.6) is 0 Å². The Morgan fingerprint density at radius 2 is 1.76 bits per heavy atom. The van der Waals surface area contributed by atoms with Gasteiger partial charge in [-0.1, -0.05) is 41.0 Å². The highest BCUT2D eigenvalue weighted by molar-refractivity contribution is 7.99. The van der Waals surface area contributed by atoms with Crippen molar-refractivity contribution in [3.8, 4) is 6.07 Å². The molecule has 0 saturated heterocycles. The minimum absolute atomic E-state index is 0.472. The van der Waals surface area contributed by atoms with Gasteiger partial charge in [-0.15, -0.1) is 0 Å². The van der Waals surface area contributed by atoms with Gasteiger partial charge in [-0.3, -0.25) is 0 Å². The van der Waals surface area contributed by atoms with Crippen molar-refractivity contribution >= 4 is 35.0 Å². The number of nitrogens with zero attached hydrogens (tertiary/aromatic N) is 1. The fraction of sp³-hybridized carbons (Fsp3) is 0. The molecule has 0 aliphatic heterocycles. The number of benzene rings is 2. The number of hydrogen-bond donors (Lipinski definition) is 0. The highest BCUT2D eigenvalue weighted by atomic mass is 35.5. The summed E-state index contributed by atoms with van der Waals surface area (Å²) in [6, 6.07) is 15.0. The van der Waals surface area contributed by atoms with Gasteiger partial charge in [0.2, 0.25) is 0 Å². The second-order valence-corrected chi connectivity index (χ2v) is 5.30. The summed E-state index contributed by atoms with van der Waals surface area (Å²) in [7, 11) is 0. The van der Waals surface area contributed by atoms with Crippen LogP contribution in [0.1, 0.15) is 5.56 Å². The molecule has 0 aromatic heterocycles. The van der Waals surface area contributed by atoms with Crippen molar-refractivity contribution in [2.45, 2.75) is 9.79 Å². The Morgan fingerprint density at radius 3 is 2.41 bits per heavy atom. The van der Waals surface area contributed by atoms with Gasteiger partial charge in [-0.05, 0) is 36.4 Å². The van der Waals surface area contributed by atoms with Crippen LogP contribution in [0.15, 0.2) is 52.3 Å². The van der Waals surface area contributed by atoms with Crippen molar-refractivity contribution in [3.05, 3.63) is 58.1 Å². The SMILES string of the molecule is N#Cc1ccc(Sc2cccc(Cl)c2)cc1Cl. The monoisotopic (exact) mass is 279 g/mol. The summed E-state index contributed by atoms with van der Waals surface area (Å²) in [6.45, 7) is 0. The summed E-state index contributed by atoms with van der Waals surface area (Å²) in [5, 5.41) is 9.95. The van der Waals surface area contributed by atoms with Crippen LogP contribution in [0.4, 0.5) is 0 Å². The molecule has 84 valence electrons. The summed E-state index contributed by atoms with van der Waals surface area (Å²) in [5.74, 6) is 0. The first kappa shape index (κ1) is 12.3. The number of rotatable bonds is 2. The molecule has 0 saturated carbocycles. The molecule has 2 rings (SSSR count). The smallest absolute Gasteiger partial charge is 0.101 e. The standard InChI is InChI=1S/C13H7Cl2NS/c14-10-2-1-3-11(6-10)17-12-5-4-9(8-16)13(15)7-12/h1-7H. The average Bonchev–Trinajstić information content (AvgIpc) is 2.29. The number of hydrogen-bond acceptors (Lipinski definition) is 2. The normalized spacial score (nSPS) is 9.94. The van der Waals surface area contributed by atoms with Gasteiger partial charge in [0.1, 0.15) is 6.07 Å². The lowest BCUT2D eigenvalue weighted by Gasteiger charge is -2.03. The van der Waals surface area contributed by atoms with E-state index in [1.165, 1.54) is 0 Å². The van der Waals surface area contributed by atoms with Crippen molar-refractivity contribution in [1.29, 1.82) is 5.26 Å². The third kappa shape index (κ3) is 3.17. The maximum atomic E-state index is 8.78. The summed E-state index contributed by atoms with van der Waals surface area (Å²) in [4.78, 5) is 2.02. The van der Waals surface area contributed by atoms with E-state index in [9.17, 15) is 0 Å². The van der Waals surface area contributed by atoms with Crippen LogP contribution in [0.25, 0.3) is 0 Å². The molecular formula is C13H7Cl2NS. The van der Waals surface area contributed by atoms with Crippen molar-refractivity contribution in [1.82, 2.24) is 0 Å². The third-order valence-corrected chi connectivity index (χ3v) is 3.62. The van der Waals surface area contributed by atoms with Gasteiger partial charge in [-0.25, -0.2) is 0 Å². The topological polar surface area (TPSA) is 23.8 Å². The fourth-order valence-corrected chi connectivity index (χ4v) is 2.78. The minimum atomic E-state index is 0.472. The summed E-state index contributed by atoms with van der Waals surface area (Å²) in [6.07, 6.45) is 0. The Kier molecular flexibility index (Phi) is 3.96. The molecule has 0 atom stereocenters. The lowest BCUT2D eigenvalue weighted by molar-refractivity contribution is 1.39. The highest BCUT2D eigenvalue weighted by Crippen LogP contribution is 2.31. The molecule has 0 aliphatic carbocycles. The molecule has 0 aliphatic rings. The first-order valence-corrected chi connectivity index (χ1v) is 6.39. The second kappa shape index (κ2) is 5.46. The largest absolute Gasteiger partial charge is 0.192 e. The van der Waals surface area contributed by atoms with E-state index in [1.807, 2.05) is 36.4 Å². The van der Waals surface area contributed by atoms with Gasteiger partial charge in [0, 0.05) is 14.8 Å². The zero-order valence-electron chi connectivity index (χ0n) is 8.65. The molecule has 0 radical (unpaired) electrons. The summed E-state index contributed by atoms with van der Waals surface area (Å²) in [5.41, 5.74) is 0.488. The van der Waals surface area contributed by atoms with Crippen LogP contribution < -0.4 is 0 Å². The van der Waals surface area contributed by atoms with Gasteiger partial charge < -0.3 is 0 Å². The molecule has 0 amide bonds. The van der Waals surface area contributed by atoms with Crippen molar-refractivity contribution in [2.24, 2.45) is 0 Å². The van der Waals surface area contributed by atoms with Crippen molar-refractivity contribution in [3.63, 3.8) is 0 Å². The van der Waals surface area contributed by atoms with Crippen LogP contribution in [-0.4, -0.2) is 0 Å². The molecule has 0 N–H and O–H groups in total. The zero-order valence-corrected chi connectivity index (χ0v) is 11.0. The number of halogens is 2. The fourth-order valence-electron chi connectivity index (χ4n) is 1.32. The summed E-state index contributed by atoms with van der Waals surface area (Å²) >= 11 is 13.4. The molecule has 0 bridgehead atoms. The van der Waals surface area contributed by atoms with Crippen LogP contribution in [0.2, 0.25) is 10.0 Å². The quantitative estimate of drug-likeness (QED) is 0.771. The van der Waals surface area contributed by atoms with E-state index in [1.54, 1.807) is 23.9 Å². The molecule has 0 spiro atoms. The highest BCUT2D eigenvalue weighted by Gasteiger charge is 2.03. The van der Waals surface area contributed by atoms with E-state index in [0.29, 0.717) is 15.6 Å². The second-order valence-electron chi connectivity index (χ2n) is 3.31. The van der Waals surface area contributed by atoms with Crippen LogP contribution in [-0.2, 0) is 0 Å². The van der Waals surface area contributed by atoms with E-state index < -0.39 is 0 Å². The first-order valence-electron chi connectivity index (χ1n) is 4.82. The van der Waals surface area contributed by atoms with Gasteiger partial charge in [0.25, 0.3) is 0 Å². The van der Waals surface area contributed by atoms with Crippen LogP contribution in [0, 0.1) is 11.3 Å². The van der Waals surface area contributed by atoms with E-state index in [2.05, 4.69) is 0 Å². The minimum Gasteiger partial charge on any atom is -0.192 e. The lowest BCUT2D eigenvalue weighted by atomic mass is 10.2. The van der Waals surface area contributed by atoms with Gasteiger partial charge in [0.15, 0.2) is 0 Å². The first-order chi connectivity index (χ1) is 8.19. The lowest BCUT2D eigenvalue weighted by Crippen LogP contribution is -1.79. The predicted octanol–water partition coefficient (Wildman–Crippen LogP) is 5.02.